The number of rotatable bonds is 2. The molecule has 88 valence electrons. The molecule has 0 heterocycles. The maximum atomic E-state index is 11.0. The SMILES string of the molecule is N#CC(=Cc1ccc(O)c2ccccc12)C(N)=O. The highest BCUT2D eigenvalue weighted by Crippen LogP contribution is 2.28. The number of carbonyl (C=O) groups excluding carboxylic acids is 1. The van der Waals surface area contributed by atoms with E-state index in [2.05, 4.69) is 0 Å². The molecule has 0 aliphatic rings. The molecule has 3 N–H and O–H groups in total. The van der Waals surface area contributed by atoms with Crippen molar-refractivity contribution in [2.45, 2.75) is 0 Å². The maximum absolute atomic E-state index is 11.0. The van der Waals surface area contributed by atoms with Crippen LogP contribution in [0.1, 0.15) is 5.56 Å². The van der Waals surface area contributed by atoms with Crippen LogP contribution < -0.4 is 5.73 Å². The minimum Gasteiger partial charge on any atom is -0.507 e. The Kier molecular flexibility index (Phi) is 2.98. The minimum atomic E-state index is -0.769. The summed E-state index contributed by atoms with van der Waals surface area (Å²) in [6.07, 6.45) is 1.42. The smallest absolute Gasteiger partial charge is 0.259 e. The molecule has 0 aromatic heterocycles. The number of nitrogens with two attached hydrogens (primary N) is 1. The summed E-state index contributed by atoms with van der Waals surface area (Å²) in [7, 11) is 0. The van der Waals surface area contributed by atoms with E-state index in [4.69, 9.17) is 11.0 Å². The standard InChI is InChI=1S/C14H10N2O2/c15-8-10(14(16)18)7-9-5-6-13(17)12-4-2-1-3-11(9)12/h1-7,17H,(H2,16,18). The zero-order valence-electron chi connectivity index (χ0n) is 9.42. The van der Waals surface area contributed by atoms with Gasteiger partial charge in [-0.3, -0.25) is 4.79 Å². The lowest BCUT2D eigenvalue weighted by molar-refractivity contribution is -0.114. The largest absolute Gasteiger partial charge is 0.507 e. The van der Waals surface area contributed by atoms with Gasteiger partial charge in [0, 0.05) is 5.39 Å². The van der Waals surface area contributed by atoms with Gasteiger partial charge in [0.05, 0.1) is 0 Å². The van der Waals surface area contributed by atoms with Crippen molar-refractivity contribution < 1.29 is 9.90 Å². The molecule has 4 nitrogen and oxygen atoms in total. The van der Waals surface area contributed by atoms with E-state index in [1.165, 1.54) is 12.1 Å². The van der Waals surface area contributed by atoms with Gasteiger partial charge in [0.15, 0.2) is 0 Å². The predicted octanol–water partition coefficient (Wildman–Crippen LogP) is 1.94. The Bertz CT molecular complexity index is 696. The number of hydrogen-bond donors (Lipinski definition) is 2. The molecule has 0 saturated heterocycles. The van der Waals surface area contributed by atoms with Crippen LogP contribution >= 0.6 is 0 Å². The van der Waals surface area contributed by atoms with Crippen molar-refractivity contribution in [2.75, 3.05) is 0 Å². The van der Waals surface area contributed by atoms with Crippen LogP contribution in [0.4, 0.5) is 0 Å². The van der Waals surface area contributed by atoms with Crippen LogP contribution in [-0.2, 0) is 4.79 Å². The van der Waals surface area contributed by atoms with E-state index in [-0.39, 0.29) is 11.3 Å². The Morgan fingerprint density at radius 2 is 1.89 bits per heavy atom. The normalized spacial score (nSPS) is 11.2. The average molecular weight is 238 g/mol. The second-order valence-corrected chi connectivity index (χ2v) is 3.75. The average Bonchev–Trinajstić information content (AvgIpc) is 2.38. The Hall–Kier alpha value is -2.80. The Morgan fingerprint density at radius 3 is 2.50 bits per heavy atom. The Labute approximate surface area is 104 Å². The fraction of sp³-hybridized carbons (Fsp3) is 0. The molecule has 0 radical (unpaired) electrons. The summed E-state index contributed by atoms with van der Waals surface area (Å²) < 4.78 is 0. The van der Waals surface area contributed by atoms with Gasteiger partial charge in [-0.15, -0.1) is 0 Å². The minimum absolute atomic E-state index is 0.120. The van der Waals surface area contributed by atoms with Crippen LogP contribution in [-0.4, -0.2) is 11.0 Å². The van der Waals surface area contributed by atoms with Crippen molar-refractivity contribution in [3.05, 3.63) is 47.5 Å². The zero-order chi connectivity index (χ0) is 13.1. The van der Waals surface area contributed by atoms with E-state index >= 15 is 0 Å². The number of aromatic hydroxyl groups is 1. The lowest BCUT2D eigenvalue weighted by Crippen LogP contribution is -2.12. The molecule has 0 unspecified atom stereocenters. The molecule has 18 heavy (non-hydrogen) atoms. The first kappa shape index (κ1) is 11.7. The van der Waals surface area contributed by atoms with E-state index in [0.29, 0.717) is 10.9 Å². The summed E-state index contributed by atoms with van der Waals surface area (Å²) >= 11 is 0. The summed E-state index contributed by atoms with van der Waals surface area (Å²) in [5, 5.41) is 20.0. The van der Waals surface area contributed by atoms with Gasteiger partial charge in [0.25, 0.3) is 5.91 Å². The van der Waals surface area contributed by atoms with Crippen LogP contribution in [0, 0.1) is 11.3 Å². The van der Waals surface area contributed by atoms with E-state index in [1.54, 1.807) is 30.3 Å². The molecule has 2 aromatic rings. The molecule has 0 aliphatic carbocycles. The maximum Gasteiger partial charge on any atom is 0.259 e. The van der Waals surface area contributed by atoms with Crippen molar-refractivity contribution >= 4 is 22.8 Å². The molecule has 0 atom stereocenters. The highest BCUT2D eigenvalue weighted by atomic mass is 16.3. The molecule has 0 spiro atoms. The molecule has 2 aromatic carbocycles. The van der Waals surface area contributed by atoms with Crippen molar-refractivity contribution in [3.63, 3.8) is 0 Å². The number of primary amides is 1. The number of benzene rings is 2. The lowest BCUT2D eigenvalue weighted by Gasteiger charge is -2.04. The number of hydrogen-bond acceptors (Lipinski definition) is 3. The van der Waals surface area contributed by atoms with Gasteiger partial charge in [-0.05, 0) is 23.1 Å². The zero-order valence-corrected chi connectivity index (χ0v) is 9.42. The monoisotopic (exact) mass is 238 g/mol. The van der Waals surface area contributed by atoms with E-state index in [9.17, 15) is 9.90 Å². The van der Waals surface area contributed by atoms with Crippen molar-refractivity contribution in [1.29, 1.82) is 5.26 Å². The third kappa shape index (κ3) is 2.02. The number of carbonyl (C=O) groups is 1. The topological polar surface area (TPSA) is 87.1 Å². The molecule has 0 aliphatic heterocycles. The van der Waals surface area contributed by atoms with Crippen LogP contribution in [0.5, 0.6) is 5.75 Å². The summed E-state index contributed by atoms with van der Waals surface area (Å²) in [6.45, 7) is 0. The van der Waals surface area contributed by atoms with Crippen LogP contribution in [0.2, 0.25) is 0 Å². The van der Waals surface area contributed by atoms with Gasteiger partial charge < -0.3 is 10.8 Å². The number of fused-ring (bicyclic) bond motifs is 1. The summed E-state index contributed by atoms with van der Waals surface area (Å²) in [5.74, 6) is -0.616. The molecule has 0 bridgehead atoms. The Morgan fingerprint density at radius 1 is 1.22 bits per heavy atom. The molecule has 2 rings (SSSR count). The number of phenolic OH excluding ortho intramolecular Hbond substituents is 1. The number of amides is 1. The molecule has 1 amide bonds. The van der Waals surface area contributed by atoms with Crippen molar-refractivity contribution in [2.24, 2.45) is 5.73 Å². The first-order chi connectivity index (χ1) is 8.63. The van der Waals surface area contributed by atoms with Gasteiger partial charge in [0.1, 0.15) is 17.4 Å². The third-order valence-electron chi connectivity index (χ3n) is 2.62. The van der Waals surface area contributed by atoms with Crippen LogP contribution in [0.3, 0.4) is 0 Å². The second kappa shape index (κ2) is 4.60. The quantitative estimate of drug-likeness (QED) is 0.619. The van der Waals surface area contributed by atoms with Gasteiger partial charge in [-0.25, -0.2) is 0 Å². The summed E-state index contributed by atoms with van der Waals surface area (Å²) in [5.41, 5.74) is 5.64. The highest BCUT2D eigenvalue weighted by molar-refractivity contribution is 6.04. The van der Waals surface area contributed by atoms with Crippen LogP contribution in [0.15, 0.2) is 42.0 Å². The molecular weight excluding hydrogens is 228 g/mol. The van der Waals surface area contributed by atoms with Crippen molar-refractivity contribution in [3.8, 4) is 11.8 Å². The van der Waals surface area contributed by atoms with E-state index < -0.39 is 5.91 Å². The van der Waals surface area contributed by atoms with Gasteiger partial charge in [-0.1, -0.05) is 30.3 Å². The first-order valence-electron chi connectivity index (χ1n) is 5.26. The number of nitriles is 1. The summed E-state index contributed by atoms with van der Waals surface area (Å²) in [4.78, 5) is 11.0. The molecule has 4 heteroatoms. The fourth-order valence-electron chi connectivity index (χ4n) is 1.75. The molecule has 0 fully saturated rings. The fourth-order valence-corrected chi connectivity index (χ4v) is 1.75. The first-order valence-corrected chi connectivity index (χ1v) is 5.26. The molecule has 0 saturated carbocycles. The molecular formula is C14H10N2O2. The summed E-state index contributed by atoms with van der Waals surface area (Å²) in [6, 6.07) is 12.1. The van der Waals surface area contributed by atoms with E-state index in [0.717, 1.165) is 5.39 Å². The van der Waals surface area contributed by atoms with Crippen LogP contribution in [0.25, 0.3) is 16.8 Å². The Balaban J connectivity index is 2.71. The van der Waals surface area contributed by atoms with E-state index in [1.807, 2.05) is 6.07 Å². The van der Waals surface area contributed by atoms with Crippen molar-refractivity contribution in [1.82, 2.24) is 0 Å². The van der Waals surface area contributed by atoms with Gasteiger partial charge >= 0.3 is 0 Å². The third-order valence-corrected chi connectivity index (χ3v) is 2.62. The number of nitrogens with zero attached hydrogens (tertiary/aromatic N) is 1. The van der Waals surface area contributed by atoms with Gasteiger partial charge in [0.2, 0.25) is 0 Å². The van der Waals surface area contributed by atoms with Gasteiger partial charge in [-0.2, -0.15) is 5.26 Å². The second-order valence-electron chi connectivity index (χ2n) is 3.75. The highest BCUT2D eigenvalue weighted by Gasteiger charge is 2.07. The predicted molar refractivity (Wildman–Crippen MR) is 68.4 cm³/mol. The number of phenols is 1. The lowest BCUT2D eigenvalue weighted by atomic mass is 10.0.